The maximum Gasteiger partial charge on any atom is 0.459 e. The number of pyridine rings is 1. The molecular formula is C12H10F5NO3. The van der Waals surface area contributed by atoms with Gasteiger partial charge in [-0.1, -0.05) is 6.58 Å². The number of aromatic carboxylic acids is 1. The molecule has 0 bridgehead atoms. The number of methoxy groups -OCH3 is 1. The number of hydrogen-bond acceptors (Lipinski definition) is 3. The van der Waals surface area contributed by atoms with Crippen molar-refractivity contribution < 1.29 is 36.6 Å². The molecule has 0 fully saturated rings. The molecule has 4 nitrogen and oxygen atoms in total. The summed E-state index contributed by atoms with van der Waals surface area (Å²) in [6.07, 6.45) is -5.91. The van der Waals surface area contributed by atoms with Crippen LogP contribution in [0, 0.1) is 0 Å². The third-order valence-corrected chi connectivity index (χ3v) is 2.51. The van der Waals surface area contributed by atoms with Gasteiger partial charge in [-0.2, -0.15) is 22.0 Å². The van der Waals surface area contributed by atoms with Crippen LogP contribution < -0.4 is 4.74 Å². The number of nitrogens with zero attached hydrogens (tertiary/aromatic N) is 1. The highest BCUT2D eigenvalue weighted by Gasteiger charge is 2.60. The molecule has 0 spiro atoms. The molecule has 116 valence electrons. The van der Waals surface area contributed by atoms with E-state index in [1.54, 1.807) is 0 Å². The number of carboxylic acid groups (broad SMARTS) is 1. The van der Waals surface area contributed by atoms with Crippen molar-refractivity contribution in [2.45, 2.75) is 19.0 Å². The quantitative estimate of drug-likeness (QED) is 0.865. The van der Waals surface area contributed by atoms with Crippen LogP contribution in [0.1, 0.15) is 28.5 Å². The molecule has 0 radical (unpaired) electrons. The molecule has 0 amide bonds. The number of halogens is 5. The average molecular weight is 311 g/mol. The van der Waals surface area contributed by atoms with Gasteiger partial charge in [0.15, 0.2) is 0 Å². The lowest BCUT2D eigenvalue weighted by Crippen LogP contribution is -2.35. The van der Waals surface area contributed by atoms with Crippen molar-refractivity contribution in [1.82, 2.24) is 4.98 Å². The first-order valence-electron chi connectivity index (χ1n) is 5.36. The van der Waals surface area contributed by atoms with Gasteiger partial charge in [0.25, 0.3) is 0 Å². The zero-order chi connectivity index (χ0) is 16.6. The van der Waals surface area contributed by atoms with Gasteiger partial charge in [-0.05, 0) is 18.6 Å². The minimum atomic E-state index is -5.91. The van der Waals surface area contributed by atoms with E-state index in [1.807, 2.05) is 0 Å². The van der Waals surface area contributed by atoms with E-state index < -0.39 is 35.2 Å². The van der Waals surface area contributed by atoms with Crippen molar-refractivity contribution in [2.24, 2.45) is 0 Å². The normalized spacial score (nSPS) is 12.1. The lowest BCUT2D eigenvalue weighted by molar-refractivity contribution is -0.291. The topological polar surface area (TPSA) is 59.4 Å². The molecule has 1 aromatic rings. The summed E-state index contributed by atoms with van der Waals surface area (Å²) in [6.45, 7) is 4.77. The summed E-state index contributed by atoms with van der Waals surface area (Å²) in [7, 11) is 0.968. The van der Waals surface area contributed by atoms with Gasteiger partial charge < -0.3 is 9.84 Å². The number of rotatable bonds is 4. The maximum atomic E-state index is 13.3. The summed E-state index contributed by atoms with van der Waals surface area (Å²) in [5.74, 6) is -7.67. The summed E-state index contributed by atoms with van der Waals surface area (Å²) in [5, 5.41) is 8.98. The number of carbonyl (C=O) groups is 1. The van der Waals surface area contributed by atoms with Crippen LogP contribution >= 0.6 is 0 Å². The van der Waals surface area contributed by atoms with Crippen molar-refractivity contribution in [2.75, 3.05) is 7.11 Å². The van der Waals surface area contributed by atoms with Gasteiger partial charge in [-0.3, -0.25) is 0 Å². The average Bonchev–Trinajstić information content (AvgIpc) is 2.35. The number of aromatic nitrogens is 1. The minimum Gasteiger partial charge on any atom is -0.481 e. The Hall–Kier alpha value is -2.19. The van der Waals surface area contributed by atoms with Gasteiger partial charge in [-0.15, -0.1) is 0 Å². The summed E-state index contributed by atoms with van der Waals surface area (Å²) in [6, 6.07) is 0.169. The summed E-state index contributed by atoms with van der Waals surface area (Å²) < 4.78 is 68.3. The van der Waals surface area contributed by atoms with E-state index in [0.29, 0.717) is 0 Å². The van der Waals surface area contributed by atoms with Crippen molar-refractivity contribution in [3.63, 3.8) is 0 Å². The molecular weight excluding hydrogens is 301 g/mol. The van der Waals surface area contributed by atoms with E-state index in [2.05, 4.69) is 16.3 Å². The molecule has 0 aliphatic rings. The van der Waals surface area contributed by atoms with Crippen LogP contribution in [0.2, 0.25) is 0 Å². The molecule has 1 N–H and O–H groups in total. The molecule has 0 aliphatic heterocycles. The molecule has 0 unspecified atom stereocenters. The Kier molecular flexibility index (Phi) is 4.26. The number of carboxylic acids is 1. The first-order chi connectivity index (χ1) is 9.43. The first kappa shape index (κ1) is 16.9. The summed E-state index contributed by atoms with van der Waals surface area (Å²) in [4.78, 5) is 14.1. The largest absolute Gasteiger partial charge is 0.481 e. The fourth-order valence-corrected chi connectivity index (χ4v) is 1.56. The van der Waals surface area contributed by atoms with E-state index in [4.69, 9.17) is 5.11 Å². The Labute approximate surface area is 115 Å². The Morgan fingerprint density at radius 1 is 1.33 bits per heavy atom. The monoisotopic (exact) mass is 311 g/mol. The van der Waals surface area contributed by atoms with Gasteiger partial charge in [0.05, 0.1) is 18.2 Å². The van der Waals surface area contributed by atoms with E-state index in [9.17, 15) is 26.7 Å². The lowest BCUT2D eigenvalue weighted by Gasteiger charge is -2.21. The van der Waals surface area contributed by atoms with Crippen molar-refractivity contribution >= 4 is 11.5 Å². The standard InChI is InChI=1S/C12H10F5NO3/c1-5(2)8-6(10(19)20)4-7(18-9(8)21-3)11(13,14)12(15,16)17/h4H,1H2,2-3H3,(H,19,20). The minimum absolute atomic E-state index is 0.0959. The first-order valence-corrected chi connectivity index (χ1v) is 5.36. The second kappa shape index (κ2) is 5.30. The molecule has 1 heterocycles. The van der Waals surface area contributed by atoms with Crippen molar-refractivity contribution in [3.05, 3.63) is 29.5 Å². The van der Waals surface area contributed by atoms with Gasteiger partial charge in [0, 0.05) is 0 Å². The molecule has 0 aromatic carbocycles. The fourth-order valence-electron chi connectivity index (χ4n) is 1.56. The highest BCUT2D eigenvalue weighted by Crippen LogP contribution is 2.44. The van der Waals surface area contributed by atoms with Crippen LogP contribution in [-0.2, 0) is 5.92 Å². The number of hydrogen-bond donors (Lipinski definition) is 1. The van der Waals surface area contributed by atoms with E-state index in [-0.39, 0.29) is 17.2 Å². The van der Waals surface area contributed by atoms with Gasteiger partial charge in [0.2, 0.25) is 5.88 Å². The van der Waals surface area contributed by atoms with Gasteiger partial charge >= 0.3 is 18.1 Å². The molecule has 1 rings (SSSR count). The third-order valence-electron chi connectivity index (χ3n) is 2.51. The second-order valence-electron chi connectivity index (χ2n) is 4.10. The Bertz CT molecular complexity index is 595. The lowest BCUT2D eigenvalue weighted by atomic mass is 10.0. The van der Waals surface area contributed by atoms with Crippen LogP contribution in [0.5, 0.6) is 5.88 Å². The molecule has 0 aliphatic carbocycles. The second-order valence-corrected chi connectivity index (χ2v) is 4.10. The number of ether oxygens (including phenoxy) is 1. The van der Waals surface area contributed by atoms with Crippen molar-refractivity contribution in [1.29, 1.82) is 0 Å². The Morgan fingerprint density at radius 2 is 1.86 bits per heavy atom. The van der Waals surface area contributed by atoms with Crippen LogP contribution in [0.15, 0.2) is 12.6 Å². The predicted octanol–water partition coefficient (Wildman–Crippen LogP) is 3.48. The fraction of sp³-hybridized carbons (Fsp3) is 0.333. The van der Waals surface area contributed by atoms with Gasteiger partial charge in [-0.25, -0.2) is 9.78 Å². The van der Waals surface area contributed by atoms with E-state index >= 15 is 0 Å². The molecule has 0 saturated carbocycles. The van der Waals surface area contributed by atoms with Crippen LogP contribution in [0.25, 0.3) is 5.57 Å². The van der Waals surface area contributed by atoms with E-state index in [0.717, 1.165) is 7.11 Å². The molecule has 0 atom stereocenters. The highest BCUT2D eigenvalue weighted by molar-refractivity contribution is 5.95. The molecule has 9 heteroatoms. The van der Waals surface area contributed by atoms with Gasteiger partial charge in [0.1, 0.15) is 5.69 Å². The third kappa shape index (κ3) is 2.96. The van der Waals surface area contributed by atoms with Crippen LogP contribution in [0.3, 0.4) is 0 Å². The summed E-state index contributed by atoms with van der Waals surface area (Å²) >= 11 is 0. The zero-order valence-electron chi connectivity index (χ0n) is 10.9. The molecule has 21 heavy (non-hydrogen) atoms. The number of allylic oxidation sites excluding steroid dienone is 1. The predicted molar refractivity (Wildman–Crippen MR) is 62.4 cm³/mol. The van der Waals surface area contributed by atoms with Crippen molar-refractivity contribution in [3.8, 4) is 5.88 Å². The Balaban J connectivity index is 3.71. The molecule has 0 saturated heterocycles. The molecule has 1 aromatic heterocycles. The van der Waals surface area contributed by atoms with E-state index in [1.165, 1.54) is 6.92 Å². The Morgan fingerprint density at radius 3 is 2.19 bits per heavy atom. The SMILES string of the molecule is C=C(C)c1c(C(=O)O)cc(C(F)(F)C(F)(F)F)nc1OC. The summed E-state index contributed by atoms with van der Waals surface area (Å²) in [5.41, 5.74) is -2.70. The van der Waals surface area contributed by atoms with Crippen LogP contribution in [0.4, 0.5) is 22.0 Å². The smallest absolute Gasteiger partial charge is 0.459 e. The number of alkyl halides is 5. The van der Waals surface area contributed by atoms with Crippen LogP contribution in [-0.4, -0.2) is 29.3 Å². The highest BCUT2D eigenvalue weighted by atomic mass is 19.4. The maximum absolute atomic E-state index is 13.3. The zero-order valence-corrected chi connectivity index (χ0v) is 10.9.